The Hall–Kier alpha value is -6.35. The number of rotatable bonds is 33. The number of nitrogens with zero attached hydrogens (tertiary/aromatic N) is 6. The van der Waals surface area contributed by atoms with Gasteiger partial charge in [0.05, 0.1) is 102 Å². The number of aromatic nitrogens is 2. The number of β-amino-alcohol motifs (C(OH)–C–C–N with tert-alkyl or cyclic N) is 1. The van der Waals surface area contributed by atoms with Crippen LogP contribution in [0.15, 0.2) is 60.2 Å². The number of hydrogen-bond donors (Lipinski definition) is 4. The van der Waals surface area contributed by atoms with Crippen molar-refractivity contribution in [3.63, 3.8) is 0 Å². The molecular weight excluding hydrogens is 1160 g/mol. The Bertz CT molecular complexity index is 3080. The fraction of sp³-hybridized carbons (Fsp3) is 0.540. The number of methoxy groups -OCH3 is 2. The molecule has 0 bridgehead atoms. The van der Waals surface area contributed by atoms with Crippen molar-refractivity contribution in [2.45, 2.75) is 117 Å². The first-order valence-electron chi connectivity index (χ1n) is 29.6. The third-order valence-electron chi connectivity index (χ3n) is 15.2. The second-order valence-corrected chi connectivity index (χ2v) is 24.3. The Morgan fingerprint density at radius 1 is 0.802 bits per heavy atom. The molecule has 2 aliphatic rings. The molecule has 7 rings (SSSR count). The minimum Gasteiger partial charge on any atom is -0.495 e. The molecule has 4 heterocycles. The number of aryl methyl sites for hydroxylation is 1. The highest BCUT2D eigenvalue weighted by Crippen LogP contribution is 2.41. The molecule has 2 saturated heterocycles. The summed E-state index contributed by atoms with van der Waals surface area (Å²) < 4.78 is 34.4. The molecule has 23 heteroatoms. The van der Waals surface area contributed by atoms with Crippen molar-refractivity contribution in [1.82, 2.24) is 35.3 Å². The van der Waals surface area contributed by atoms with Crippen LogP contribution < -0.4 is 30.2 Å². The lowest BCUT2D eigenvalue weighted by atomic mass is 9.85. The SMILES string of the molecule is COc1cc(Nc2c(C#N)cnc3cc(OCCCN4CCN(C(=O)CCCCCOCCOCCOCCCCCC(=O)N[C@H](C(=O)N5C[C@H](O)C[C@H]5C(=O)NCc5ccc(-c6scnc6C)cc5)C(C)(C)C)CC4)c(OC)cc23)c(Cl)cc1Cl. The van der Waals surface area contributed by atoms with Crippen LogP contribution in [-0.2, 0) is 39.9 Å². The number of unbranched alkanes of at least 4 members (excludes halogenated alkanes) is 4. The normalized spacial score (nSPS) is 15.8. The molecule has 2 aromatic heterocycles. The molecule has 20 nitrogen and oxygen atoms in total. The molecule has 2 aliphatic heterocycles. The number of nitriles is 1. The Kier molecular flexibility index (Phi) is 26.3. The van der Waals surface area contributed by atoms with E-state index in [1.165, 1.54) is 18.2 Å². The van der Waals surface area contributed by atoms with Crippen LogP contribution in [0.2, 0.25) is 10.0 Å². The Morgan fingerprint density at radius 2 is 1.48 bits per heavy atom. The molecule has 466 valence electrons. The average molecular weight is 1250 g/mol. The summed E-state index contributed by atoms with van der Waals surface area (Å²) in [4.78, 5) is 69.3. The number of halogens is 2. The topological polar surface area (TPSA) is 239 Å². The van der Waals surface area contributed by atoms with Crippen molar-refractivity contribution in [2.75, 3.05) is 105 Å². The summed E-state index contributed by atoms with van der Waals surface area (Å²) in [7, 11) is 3.08. The number of pyridine rings is 1. The fourth-order valence-corrected chi connectivity index (χ4v) is 11.7. The molecule has 0 aliphatic carbocycles. The summed E-state index contributed by atoms with van der Waals surface area (Å²) in [5, 5.41) is 31.0. The van der Waals surface area contributed by atoms with Crippen molar-refractivity contribution in [3.05, 3.63) is 87.1 Å². The Morgan fingerprint density at radius 3 is 2.12 bits per heavy atom. The van der Waals surface area contributed by atoms with Crippen LogP contribution in [-0.4, -0.2) is 171 Å². The predicted molar refractivity (Wildman–Crippen MR) is 333 cm³/mol. The number of aliphatic hydroxyl groups is 1. The largest absolute Gasteiger partial charge is 0.495 e. The lowest BCUT2D eigenvalue weighted by Gasteiger charge is -2.35. The van der Waals surface area contributed by atoms with Gasteiger partial charge in [0.15, 0.2) is 11.5 Å². The van der Waals surface area contributed by atoms with Gasteiger partial charge in [-0.2, -0.15) is 5.26 Å². The molecule has 4 amide bonds. The number of carbonyl (C=O) groups is 4. The predicted octanol–water partition coefficient (Wildman–Crippen LogP) is 9.50. The van der Waals surface area contributed by atoms with Gasteiger partial charge >= 0.3 is 0 Å². The van der Waals surface area contributed by atoms with Gasteiger partial charge in [-0.05, 0) is 67.7 Å². The lowest BCUT2D eigenvalue weighted by Crippen LogP contribution is -2.57. The summed E-state index contributed by atoms with van der Waals surface area (Å²) in [6, 6.07) is 15.2. The second-order valence-electron chi connectivity index (χ2n) is 22.6. The van der Waals surface area contributed by atoms with E-state index >= 15 is 0 Å². The number of carbonyl (C=O) groups excluding carboxylic acids is 4. The van der Waals surface area contributed by atoms with E-state index < -0.39 is 23.6 Å². The zero-order chi connectivity index (χ0) is 61.6. The summed E-state index contributed by atoms with van der Waals surface area (Å²) in [5.41, 5.74) is 6.03. The number of benzene rings is 3. The molecule has 2 fully saturated rings. The summed E-state index contributed by atoms with van der Waals surface area (Å²) in [6.07, 6.45) is 7.10. The number of ether oxygens (including phenoxy) is 6. The Labute approximate surface area is 519 Å². The van der Waals surface area contributed by atoms with Crippen LogP contribution in [0, 0.1) is 23.7 Å². The summed E-state index contributed by atoms with van der Waals surface area (Å²) in [6.45, 7) is 15.2. The first-order valence-corrected chi connectivity index (χ1v) is 31.2. The molecular formula is C63H83Cl2N9O11S. The van der Waals surface area contributed by atoms with Gasteiger partial charge in [-0.15, -0.1) is 11.3 Å². The van der Waals surface area contributed by atoms with Gasteiger partial charge in [0.2, 0.25) is 23.6 Å². The van der Waals surface area contributed by atoms with E-state index in [9.17, 15) is 29.5 Å². The van der Waals surface area contributed by atoms with Crippen molar-refractivity contribution < 1.29 is 52.7 Å². The third-order valence-corrected chi connectivity index (χ3v) is 16.8. The van der Waals surface area contributed by atoms with Gasteiger partial charge in [-0.3, -0.25) is 29.1 Å². The van der Waals surface area contributed by atoms with E-state index in [4.69, 9.17) is 51.6 Å². The smallest absolute Gasteiger partial charge is 0.246 e. The maximum absolute atomic E-state index is 14.0. The van der Waals surface area contributed by atoms with Crippen LogP contribution in [0.1, 0.15) is 102 Å². The highest BCUT2D eigenvalue weighted by atomic mass is 35.5. The fourth-order valence-electron chi connectivity index (χ4n) is 10.3. The van der Waals surface area contributed by atoms with E-state index in [1.54, 1.807) is 42.7 Å². The van der Waals surface area contributed by atoms with E-state index in [0.29, 0.717) is 127 Å². The molecule has 3 aromatic carbocycles. The van der Waals surface area contributed by atoms with Crippen molar-refractivity contribution in [2.24, 2.45) is 5.41 Å². The number of amides is 4. The highest BCUT2D eigenvalue weighted by Gasteiger charge is 2.44. The number of piperazine rings is 1. The van der Waals surface area contributed by atoms with Crippen LogP contribution in [0.5, 0.6) is 17.2 Å². The van der Waals surface area contributed by atoms with Crippen molar-refractivity contribution in [3.8, 4) is 33.8 Å². The maximum atomic E-state index is 14.0. The summed E-state index contributed by atoms with van der Waals surface area (Å²) >= 11 is 14.3. The lowest BCUT2D eigenvalue weighted by molar-refractivity contribution is -0.144. The minimum absolute atomic E-state index is 0.0155. The van der Waals surface area contributed by atoms with Crippen LogP contribution >= 0.6 is 34.5 Å². The first kappa shape index (κ1) is 67.2. The van der Waals surface area contributed by atoms with Crippen LogP contribution in [0.4, 0.5) is 11.4 Å². The number of thiazole rings is 1. The summed E-state index contributed by atoms with van der Waals surface area (Å²) in [5.74, 6) is 0.685. The standard InChI is InChI=1S/C63H83Cl2N9O11S/c1-42-59(86-41-69-42)44-18-16-43(17-19-44)38-68-61(78)52-32-46(75)40-74(52)62(79)60(63(2,3)4)71-56(76)14-9-7-11-25-82-28-30-84-31-29-83-26-12-8-10-15-57(77)73-23-21-72(22-24-73)20-13-27-85-55-35-50-47(33-54(55)81-6)58(45(37-66)39-67-50)70-51-36-53(80-5)49(65)34-48(51)64/h16-19,33-36,39,41,46,52,60,75H,7-15,20-32,38,40H2,1-6H3,(H,67,70)(H,68,78)(H,71,76)/t46-,52+,60-/m1/s1. The quantitative estimate of drug-likeness (QED) is 0.0286. The zero-order valence-corrected chi connectivity index (χ0v) is 52.7. The van der Waals surface area contributed by atoms with Gasteiger partial charge < -0.3 is 59.3 Å². The van der Waals surface area contributed by atoms with E-state index in [1.807, 2.05) is 62.4 Å². The first-order chi connectivity index (χ1) is 41.5. The molecule has 0 unspecified atom stereocenters. The third kappa shape index (κ3) is 19.6. The van der Waals surface area contributed by atoms with Crippen molar-refractivity contribution in [1.29, 1.82) is 5.26 Å². The molecule has 5 aromatic rings. The second kappa shape index (κ2) is 33.7. The number of likely N-dealkylation sites (tertiary alicyclic amines) is 1. The van der Waals surface area contributed by atoms with Gasteiger partial charge in [0.1, 0.15) is 23.9 Å². The van der Waals surface area contributed by atoms with Gasteiger partial charge in [0.25, 0.3) is 0 Å². The molecule has 86 heavy (non-hydrogen) atoms. The van der Waals surface area contributed by atoms with Gasteiger partial charge in [-0.1, -0.05) is 81.1 Å². The van der Waals surface area contributed by atoms with Gasteiger partial charge in [-0.25, -0.2) is 4.98 Å². The van der Waals surface area contributed by atoms with Crippen molar-refractivity contribution >= 4 is 80.4 Å². The van der Waals surface area contributed by atoms with Gasteiger partial charge in [0, 0.05) is 102 Å². The molecule has 4 N–H and O–H groups in total. The average Bonchev–Trinajstić information content (AvgIpc) is 2.56. The van der Waals surface area contributed by atoms with Crippen LogP contribution in [0.25, 0.3) is 21.3 Å². The monoisotopic (exact) mass is 1240 g/mol. The van der Waals surface area contributed by atoms with E-state index in [2.05, 4.69) is 36.9 Å². The minimum atomic E-state index is -0.878. The molecule has 3 atom stereocenters. The van der Waals surface area contributed by atoms with E-state index in [0.717, 1.165) is 79.9 Å². The number of anilines is 2. The number of fused-ring (bicyclic) bond motifs is 1. The number of nitrogens with one attached hydrogen (secondary N) is 3. The Balaban J connectivity index is 0.670. The highest BCUT2D eigenvalue weighted by molar-refractivity contribution is 7.13. The molecule has 0 saturated carbocycles. The van der Waals surface area contributed by atoms with E-state index in [-0.39, 0.29) is 49.6 Å². The zero-order valence-electron chi connectivity index (χ0n) is 50.4. The molecule has 0 radical (unpaired) electrons. The maximum Gasteiger partial charge on any atom is 0.246 e. The molecule has 0 spiro atoms. The number of aliphatic hydroxyl groups excluding tert-OH is 1. The number of hydrogen-bond acceptors (Lipinski definition) is 17. The van der Waals surface area contributed by atoms with Crippen LogP contribution in [0.3, 0.4) is 0 Å².